The maximum atomic E-state index is 11.4. The van der Waals surface area contributed by atoms with Crippen molar-refractivity contribution in [3.8, 4) is 0 Å². The zero-order valence-corrected chi connectivity index (χ0v) is 11.2. The molecule has 1 unspecified atom stereocenters. The van der Waals surface area contributed by atoms with Crippen molar-refractivity contribution in [2.75, 3.05) is 18.6 Å². The molecule has 1 aliphatic rings. The van der Waals surface area contributed by atoms with E-state index < -0.39 is 9.84 Å². The summed E-state index contributed by atoms with van der Waals surface area (Å²) in [7, 11) is -0.775. The number of benzene rings is 1. The van der Waals surface area contributed by atoms with Gasteiger partial charge in [-0.15, -0.1) is 0 Å². The number of rotatable bonds is 3. The molecular formula is C13H19NO2S. The largest absolute Gasteiger partial charge is 0.298 e. The summed E-state index contributed by atoms with van der Waals surface area (Å²) < 4.78 is 22.9. The van der Waals surface area contributed by atoms with Crippen LogP contribution in [0.4, 0.5) is 0 Å². The Kier molecular flexibility index (Phi) is 3.54. The third-order valence-electron chi connectivity index (χ3n) is 3.35. The fraction of sp³-hybridized carbons (Fsp3) is 0.538. The molecule has 1 atom stereocenters. The van der Waals surface area contributed by atoms with Crippen molar-refractivity contribution in [1.29, 1.82) is 0 Å². The summed E-state index contributed by atoms with van der Waals surface area (Å²) in [4.78, 5) is 2.15. The van der Waals surface area contributed by atoms with E-state index in [4.69, 9.17) is 0 Å². The van der Waals surface area contributed by atoms with Crippen molar-refractivity contribution in [2.24, 2.45) is 0 Å². The Morgan fingerprint density at radius 2 is 2.18 bits per heavy atom. The lowest BCUT2D eigenvalue weighted by molar-refractivity contribution is 0.254. The van der Waals surface area contributed by atoms with Gasteiger partial charge in [-0.3, -0.25) is 4.90 Å². The minimum Gasteiger partial charge on any atom is -0.298 e. The molecular weight excluding hydrogens is 234 g/mol. The normalized spacial score (nSPS) is 23.1. The van der Waals surface area contributed by atoms with Crippen molar-refractivity contribution >= 4 is 9.84 Å². The highest BCUT2D eigenvalue weighted by Crippen LogP contribution is 2.18. The highest BCUT2D eigenvalue weighted by molar-refractivity contribution is 7.91. The van der Waals surface area contributed by atoms with Crippen LogP contribution in [0.3, 0.4) is 0 Å². The van der Waals surface area contributed by atoms with Gasteiger partial charge in [0.1, 0.15) is 0 Å². The van der Waals surface area contributed by atoms with Gasteiger partial charge >= 0.3 is 0 Å². The molecule has 0 bridgehead atoms. The minimum atomic E-state index is -2.78. The second-order valence-electron chi connectivity index (χ2n) is 4.96. The molecule has 3 nitrogen and oxygen atoms in total. The second-order valence-corrected chi connectivity index (χ2v) is 7.19. The molecule has 0 N–H and O–H groups in total. The molecule has 1 aromatic carbocycles. The van der Waals surface area contributed by atoms with E-state index in [1.165, 1.54) is 11.1 Å². The summed E-state index contributed by atoms with van der Waals surface area (Å²) >= 11 is 0. The maximum absolute atomic E-state index is 11.4. The van der Waals surface area contributed by atoms with E-state index in [2.05, 4.69) is 30.0 Å². The van der Waals surface area contributed by atoms with Crippen LogP contribution in [0, 0.1) is 6.92 Å². The molecule has 0 spiro atoms. The maximum Gasteiger partial charge on any atom is 0.151 e. The molecule has 0 saturated carbocycles. The highest BCUT2D eigenvalue weighted by Gasteiger charge is 2.30. The van der Waals surface area contributed by atoms with Gasteiger partial charge in [0.25, 0.3) is 0 Å². The third kappa shape index (κ3) is 3.30. The molecule has 0 radical (unpaired) electrons. The Balaban J connectivity index is 2.00. The van der Waals surface area contributed by atoms with Crippen LogP contribution < -0.4 is 0 Å². The summed E-state index contributed by atoms with van der Waals surface area (Å²) in [5, 5.41) is 0. The van der Waals surface area contributed by atoms with Crippen LogP contribution in [0.2, 0.25) is 0 Å². The number of aryl methyl sites for hydroxylation is 1. The molecule has 17 heavy (non-hydrogen) atoms. The Morgan fingerprint density at radius 3 is 2.76 bits per heavy atom. The number of sulfone groups is 1. The Morgan fingerprint density at radius 1 is 1.41 bits per heavy atom. The Labute approximate surface area is 103 Å². The topological polar surface area (TPSA) is 37.4 Å². The van der Waals surface area contributed by atoms with Gasteiger partial charge in [0.05, 0.1) is 11.5 Å². The molecule has 1 heterocycles. The van der Waals surface area contributed by atoms with Crippen LogP contribution in [-0.2, 0) is 16.4 Å². The van der Waals surface area contributed by atoms with Gasteiger partial charge in [-0.05, 0) is 26.0 Å². The molecule has 0 aromatic heterocycles. The van der Waals surface area contributed by atoms with Crippen LogP contribution in [0.15, 0.2) is 24.3 Å². The quantitative estimate of drug-likeness (QED) is 0.821. The first-order chi connectivity index (χ1) is 7.96. The van der Waals surface area contributed by atoms with E-state index in [-0.39, 0.29) is 6.04 Å². The third-order valence-corrected chi connectivity index (χ3v) is 5.10. The van der Waals surface area contributed by atoms with E-state index in [0.29, 0.717) is 11.5 Å². The molecule has 1 fully saturated rings. The predicted molar refractivity (Wildman–Crippen MR) is 69.7 cm³/mol. The molecule has 1 aliphatic heterocycles. The smallest absolute Gasteiger partial charge is 0.151 e. The Hall–Kier alpha value is -0.870. The van der Waals surface area contributed by atoms with Crippen LogP contribution in [0.1, 0.15) is 17.5 Å². The van der Waals surface area contributed by atoms with Crippen molar-refractivity contribution in [2.45, 2.75) is 25.9 Å². The summed E-state index contributed by atoms with van der Waals surface area (Å²) in [6.45, 7) is 2.89. The molecule has 1 aromatic rings. The first-order valence-corrected chi connectivity index (χ1v) is 7.75. The molecule has 0 aliphatic carbocycles. The van der Waals surface area contributed by atoms with Gasteiger partial charge in [0, 0.05) is 12.6 Å². The fourth-order valence-corrected chi connectivity index (χ4v) is 4.16. The molecule has 1 saturated heterocycles. The van der Waals surface area contributed by atoms with Crippen LogP contribution in [0.25, 0.3) is 0 Å². The van der Waals surface area contributed by atoms with Gasteiger partial charge < -0.3 is 0 Å². The monoisotopic (exact) mass is 253 g/mol. The van der Waals surface area contributed by atoms with Crippen LogP contribution in [0.5, 0.6) is 0 Å². The van der Waals surface area contributed by atoms with Gasteiger partial charge in [0.15, 0.2) is 9.84 Å². The number of hydrogen-bond donors (Lipinski definition) is 0. The van der Waals surface area contributed by atoms with Gasteiger partial charge in [-0.25, -0.2) is 8.42 Å². The second kappa shape index (κ2) is 4.78. The summed E-state index contributed by atoms with van der Waals surface area (Å²) in [5.74, 6) is 0.658. The molecule has 4 heteroatoms. The standard InChI is InChI=1S/C13H19NO2S/c1-11-4-3-5-12(8-11)9-14(2)13-6-7-17(15,16)10-13/h3-5,8,13H,6-7,9-10H2,1-2H3. The van der Waals surface area contributed by atoms with Gasteiger partial charge in [0.2, 0.25) is 0 Å². The molecule has 2 rings (SSSR count). The van der Waals surface area contributed by atoms with Crippen molar-refractivity contribution in [1.82, 2.24) is 4.90 Å². The zero-order valence-electron chi connectivity index (χ0n) is 10.4. The lowest BCUT2D eigenvalue weighted by Gasteiger charge is -2.23. The number of nitrogens with zero attached hydrogens (tertiary/aromatic N) is 1. The van der Waals surface area contributed by atoms with Crippen molar-refractivity contribution < 1.29 is 8.42 Å². The summed E-state index contributed by atoms with van der Waals surface area (Å²) in [5.41, 5.74) is 2.49. The minimum absolute atomic E-state index is 0.181. The first-order valence-electron chi connectivity index (χ1n) is 5.92. The average Bonchev–Trinajstić information content (AvgIpc) is 2.59. The van der Waals surface area contributed by atoms with Gasteiger partial charge in [-0.1, -0.05) is 29.8 Å². The number of hydrogen-bond acceptors (Lipinski definition) is 3. The van der Waals surface area contributed by atoms with Crippen LogP contribution in [-0.4, -0.2) is 37.9 Å². The lowest BCUT2D eigenvalue weighted by Crippen LogP contribution is -2.32. The zero-order chi connectivity index (χ0) is 12.5. The van der Waals surface area contributed by atoms with Crippen molar-refractivity contribution in [3.05, 3.63) is 35.4 Å². The molecule has 0 amide bonds. The predicted octanol–water partition coefficient (Wildman–Crippen LogP) is 1.61. The highest BCUT2D eigenvalue weighted by atomic mass is 32.2. The first kappa shape index (κ1) is 12.6. The summed E-state index contributed by atoms with van der Waals surface area (Å²) in [6, 6.07) is 8.54. The van der Waals surface area contributed by atoms with Crippen LogP contribution >= 0.6 is 0 Å². The van der Waals surface area contributed by atoms with E-state index in [0.717, 1.165) is 13.0 Å². The molecule has 94 valence electrons. The van der Waals surface area contributed by atoms with E-state index >= 15 is 0 Å². The van der Waals surface area contributed by atoms with E-state index in [1.54, 1.807) is 0 Å². The SMILES string of the molecule is Cc1cccc(CN(C)C2CCS(=O)(=O)C2)c1. The Bertz CT molecular complexity index is 496. The fourth-order valence-electron chi connectivity index (χ4n) is 2.35. The van der Waals surface area contributed by atoms with Crippen molar-refractivity contribution in [3.63, 3.8) is 0 Å². The van der Waals surface area contributed by atoms with E-state index in [9.17, 15) is 8.42 Å². The van der Waals surface area contributed by atoms with E-state index in [1.807, 2.05) is 13.1 Å². The average molecular weight is 253 g/mol. The summed E-state index contributed by atoms with van der Waals surface area (Å²) in [6.07, 6.45) is 0.769. The lowest BCUT2D eigenvalue weighted by atomic mass is 10.1. The van der Waals surface area contributed by atoms with Gasteiger partial charge in [-0.2, -0.15) is 0 Å².